The maximum Gasteiger partial charge on any atom is 0.227 e. The van der Waals surface area contributed by atoms with Crippen LogP contribution in [0.3, 0.4) is 0 Å². The van der Waals surface area contributed by atoms with Crippen molar-refractivity contribution in [2.45, 2.75) is 38.6 Å². The fourth-order valence-corrected chi connectivity index (χ4v) is 4.49. The van der Waals surface area contributed by atoms with Gasteiger partial charge in [0, 0.05) is 30.3 Å². The van der Waals surface area contributed by atoms with E-state index in [1.807, 2.05) is 22.9 Å². The van der Waals surface area contributed by atoms with E-state index in [2.05, 4.69) is 51.5 Å². The van der Waals surface area contributed by atoms with E-state index in [1.165, 1.54) is 18.4 Å². The number of benzene rings is 1. The highest BCUT2D eigenvalue weighted by Crippen LogP contribution is 2.26. The number of nitrogens with zero attached hydrogens (tertiary/aromatic N) is 3. The summed E-state index contributed by atoms with van der Waals surface area (Å²) in [5.41, 5.74) is 2.20. The van der Waals surface area contributed by atoms with Gasteiger partial charge >= 0.3 is 0 Å². The molecule has 1 aliphatic heterocycles. The fourth-order valence-electron chi connectivity index (χ4n) is 3.86. The van der Waals surface area contributed by atoms with Gasteiger partial charge in [0.25, 0.3) is 0 Å². The Morgan fingerprint density at radius 2 is 2.07 bits per heavy atom. The maximum absolute atomic E-state index is 12.5. The molecule has 3 aromatic rings. The van der Waals surface area contributed by atoms with Crippen molar-refractivity contribution >= 4 is 17.2 Å². The van der Waals surface area contributed by atoms with Crippen molar-refractivity contribution in [2.24, 2.45) is 5.92 Å². The second kappa shape index (κ2) is 10.00. The van der Waals surface area contributed by atoms with Crippen LogP contribution in [0.15, 0.2) is 51.7 Å². The Kier molecular flexibility index (Phi) is 6.92. The summed E-state index contributed by atoms with van der Waals surface area (Å²) >= 11 is 1.59. The second-order valence-corrected chi connectivity index (χ2v) is 8.75. The van der Waals surface area contributed by atoms with Crippen LogP contribution in [0.2, 0.25) is 0 Å². The molecule has 3 heterocycles. The SMILES string of the molecule is CC1CCN(C(CNC(=O)CCc2nc(-c3ccsc3)no2)c2ccccc2)CC1. The van der Waals surface area contributed by atoms with Crippen LogP contribution in [-0.4, -0.2) is 40.6 Å². The largest absolute Gasteiger partial charge is 0.354 e. The summed E-state index contributed by atoms with van der Waals surface area (Å²) in [6.45, 7) is 5.08. The van der Waals surface area contributed by atoms with Gasteiger partial charge in [-0.2, -0.15) is 16.3 Å². The Hall–Kier alpha value is -2.51. The summed E-state index contributed by atoms with van der Waals surface area (Å²) in [5.74, 6) is 1.86. The summed E-state index contributed by atoms with van der Waals surface area (Å²) < 4.78 is 5.29. The molecule has 1 aromatic carbocycles. The van der Waals surface area contributed by atoms with Crippen LogP contribution in [0.25, 0.3) is 11.4 Å². The molecule has 0 saturated carbocycles. The lowest BCUT2D eigenvalue weighted by molar-refractivity contribution is -0.121. The van der Waals surface area contributed by atoms with Crippen molar-refractivity contribution in [1.29, 1.82) is 0 Å². The number of aryl methyl sites for hydroxylation is 1. The Morgan fingerprint density at radius 3 is 2.80 bits per heavy atom. The van der Waals surface area contributed by atoms with Gasteiger partial charge in [0.1, 0.15) is 0 Å². The lowest BCUT2D eigenvalue weighted by Crippen LogP contribution is -2.42. The Balaban J connectivity index is 1.31. The van der Waals surface area contributed by atoms with E-state index in [1.54, 1.807) is 11.3 Å². The van der Waals surface area contributed by atoms with Crippen molar-refractivity contribution in [2.75, 3.05) is 19.6 Å². The number of nitrogens with one attached hydrogen (secondary N) is 1. The number of likely N-dealkylation sites (tertiary alicyclic amines) is 1. The van der Waals surface area contributed by atoms with Gasteiger partial charge < -0.3 is 9.84 Å². The van der Waals surface area contributed by atoms with Gasteiger partial charge in [0.2, 0.25) is 17.6 Å². The molecule has 1 N–H and O–H groups in total. The van der Waals surface area contributed by atoms with Gasteiger partial charge in [-0.25, -0.2) is 0 Å². The van der Waals surface area contributed by atoms with E-state index in [9.17, 15) is 4.79 Å². The third-order valence-electron chi connectivity index (χ3n) is 5.75. The monoisotopic (exact) mass is 424 g/mol. The highest BCUT2D eigenvalue weighted by Gasteiger charge is 2.25. The zero-order chi connectivity index (χ0) is 20.8. The van der Waals surface area contributed by atoms with Gasteiger partial charge in [0.15, 0.2) is 0 Å². The lowest BCUT2D eigenvalue weighted by Gasteiger charge is -2.37. The predicted molar refractivity (Wildman–Crippen MR) is 118 cm³/mol. The molecule has 7 heteroatoms. The third-order valence-corrected chi connectivity index (χ3v) is 6.43. The molecule has 1 aliphatic rings. The summed E-state index contributed by atoms with van der Waals surface area (Å²) in [7, 11) is 0. The molecule has 1 fully saturated rings. The average Bonchev–Trinajstić information content (AvgIpc) is 3.46. The van der Waals surface area contributed by atoms with E-state index < -0.39 is 0 Å². The van der Waals surface area contributed by atoms with Crippen molar-refractivity contribution in [3.05, 3.63) is 58.6 Å². The van der Waals surface area contributed by atoms with E-state index >= 15 is 0 Å². The molecular formula is C23H28N4O2S. The molecule has 1 saturated heterocycles. The number of rotatable bonds is 8. The van der Waals surface area contributed by atoms with Gasteiger partial charge in [-0.15, -0.1) is 0 Å². The Bertz CT molecular complexity index is 918. The van der Waals surface area contributed by atoms with Crippen molar-refractivity contribution in [3.63, 3.8) is 0 Å². The zero-order valence-electron chi connectivity index (χ0n) is 17.3. The van der Waals surface area contributed by atoms with E-state index in [0.29, 0.717) is 31.1 Å². The van der Waals surface area contributed by atoms with Crippen LogP contribution in [0.1, 0.15) is 43.7 Å². The normalized spacial score (nSPS) is 16.4. The van der Waals surface area contributed by atoms with Crippen LogP contribution in [0.5, 0.6) is 0 Å². The first kappa shape index (κ1) is 20.8. The molecular weight excluding hydrogens is 396 g/mol. The number of carbonyl (C=O) groups is 1. The van der Waals surface area contributed by atoms with E-state index in [0.717, 1.165) is 24.6 Å². The molecule has 0 radical (unpaired) electrons. The first-order chi connectivity index (χ1) is 14.7. The maximum atomic E-state index is 12.5. The topological polar surface area (TPSA) is 71.3 Å². The third kappa shape index (κ3) is 5.34. The van der Waals surface area contributed by atoms with Crippen LogP contribution >= 0.6 is 11.3 Å². The van der Waals surface area contributed by atoms with Crippen LogP contribution in [0.4, 0.5) is 0 Å². The quantitative estimate of drug-likeness (QED) is 0.583. The first-order valence-electron chi connectivity index (χ1n) is 10.6. The van der Waals surface area contributed by atoms with Gasteiger partial charge in [-0.3, -0.25) is 9.69 Å². The summed E-state index contributed by atoms with van der Waals surface area (Å²) in [6, 6.07) is 12.6. The van der Waals surface area contributed by atoms with Crippen LogP contribution < -0.4 is 5.32 Å². The van der Waals surface area contributed by atoms with E-state index in [4.69, 9.17) is 4.52 Å². The molecule has 4 rings (SSSR count). The van der Waals surface area contributed by atoms with Gasteiger partial charge in [-0.05, 0) is 48.9 Å². The zero-order valence-corrected chi connectivity index (χ0v) is 18.1. The number of carbonyl (C=O) groups excluding carboxylic acids is 1. The molecule has 1 amide bonds. The fraction of sp³-hybridized carbons (Fsp3) is 0.435. The molecule has 6 nitrogen and oxygen atoms in total. The predicted octanol–water partition coefficient (Wildman–Crippen LogP) is 4.32. The summed E-state index contributed by atoms with van der Waals surface area (Å²) in [4.78, 5) is 19.4. The molecule has 0 bridgehead atoms. The minimum atomic E-state index is 0.0107. The number of amides is 1. The van der Waals surface area contributed by atoms with Crippen molar-refractivity contribution < 1.29 is 9.32 Å². The summed E-state index contributed by atoms with van der Waals surface area (Å²) in [6.07, 6.45) is 3.20. The molecule has 0 aliphatic carbocycles. The molecule has 1 atom stereocenters. The Labute approximate surface area is 181 Å². The standard InChI is InChI=1S/C23H28N4O2S/c1-17-9-12-27(13-10-17)20(18-5-3-2-4-6-18)15-24-21(28)7-8-22-25-23(26-29-22)19-11-14-30-16-19/h2-6,11,14,16-17,20H,7-10,12-13,15H2,1H3,(H,24,28). The lowest BCUT2D eigenvalue weighted by atomic mass is 9.95. The number of piperidine rings is 1. The minimum absolute atomic E-state index is 0.0107. The average molecular weight is 425 g/mol. The molecule has 158 valence electrons. The van der Waals surface area contributed by atoms with Crippen molar-refractivity contribution in [3.8, 4) is 11.4 Å². The molecule has 1 unspecified atom stereocenters. The highest BCUT2D eigenvalue weighted by atomic mass is 32.1. The van der Waals surface area contributed by atoms with Crippen LogP contribution in [0, 0.1) is 5.92 Å². The number of hydrogen-bond donors (Lipinski definition) is 1. The number of thiophene rings is 1. The first-order valence-corrected chi connectivity index (χ1v) is 11.5. The van der Waals surface area contributed by atoms with Gasteiger partial charge in [-0.1, -0.05) is 42.4 Å². The highest BCUT2D eigenvalue weighted by molar-refractivity contribution is 7.08. The van der Waals surface area contributed by atoms with Crippen molar-refractivity contribution in [1.82, 2.24) is 20.4 Å². The summed E-state index contributed by atoms with van der Waals surface area (Å²) in [5, 5.41) is 11.1. The van der Waals surface area contributed by atoms with Gasteiger partial charge in [0.05, 0.1) is 6.04 Å². The van der Waals surface area contributed by atoms with Crippen LogP contribution in [-0.2, 0) is 11.2 Å². The molecule has 30 heavy (non-hydrogen) atoms. The smallest absolute Gasteiger partial charge is 0.227 e. The number of hydrogen-bond acceptors (Lipinski definition) is 6. The van der Waals surface area contributed by atoms with E-state index in [-0.39, 0.29) is 11.9 Å². The number of aromatic nitrogens is 2. The Morgan fingerprint density at radius 1 is 1.27 bits per heavy atom. The molecule has 0 spiro atoms. The minimum Gasteiger partial charge on any atom is -0.354 e. The molecule has 2 aromatic heterocycles. The second-order valence-electron chi connectivity index (χ2n) is 7.97.